The molecule has 6 rings (SSSR count). The van der Waals surface area contributed by atoms with Gasteiger partial charge in [0, 0.05) is 63.5 Å². The van der Waals surface area contributed by atoms with Crippen molar-refractivity contribution in [3.8, 4) is 11.3 Å². The highest BCUT2D eigenvalue weighted by Gasteiger charge is 2.34. The molecule has 2 amide bonds. The largest absolute Gasteiger partial charge is 0.416 e. The van der Waals surface area contributed by atoms with Gasteiger partial charge in [-0.15, -0.1) is 0 Å². The highest BCUT2D eigenvalue weighted by molar-refractivity contribution is 5.95. The molecule has 1 aliphatic heterocycles. The van der Waals surface area contributed by atoms with Gasteiger partial charge in [-0.05, 0) is 64.7 Å². The molecule has 2 heterocycles. The van der Waals surface area contributed by atoms with E-state index in [2.05, 4.69) is 9.88 Å². The number of aromatic nitrogens is 1. The third-order valence-corrected chi connectivity index (χ3v) is 9.21. The van der Waals surface area contributed by atoms with Crippen molar-refractivity contribution in [1.29, 1.82) is 0 Å². The van der Waals surface area contributed by atoms with E-state index in [1.807, 2.05) is 72.8 Å². The molecule has 0 N–H and O–H groups in total. The Morgan fingerprint density at radius 1 is 0.755 bits per heavy atom. The smallest absolute Gasteiger partial charge is 0.338 e. The van der Waals surface area contributed by atoms with Gasteiger partial charge in [-0.3, -0.25) is 19.5 Å². The van der Waals surface area contributed by atoms with Crippen LogP contribution >= 0.6 is 0 Å². The number of carbonyl (C=O) groups excluding carboxylic acids is 2. The van der Waals surface area contributed by atoms with Gasteiger partial charge in [0.1, 0.15) is 6.04 Å². The second-order valence-corrected chi connectivity index (χ2v) is 12.9. The predicted octanol–water partition coefficient (Wildman–Crippen LogP) is 8.04. The number of nitrogens with zero attached hydrogens (tertiary/aromatic N) is 4. The molecule has 5 aromatic rings. The third kappa shape index (κ3) is 9.81. The first-order chi connectivity index (χ1) is 25.5. The zero-order chi connectivity index (χ0) is 37.4. The summed E-state index contributed by atoms with van der Waals surface area (Å²) in [4.78, 5) is 38.4. The van der Waals surface area contributed by atoms with E-state index in [0.29, 0.717) is 42.9 Å². The molecule has 11 heteroatoms. The average Bonchev–Trinajstić information content (AvgIpc) is 3.17. The molecule has 1 fully saturated rings. The Balaban J connectivity index is 1.30. The summed E-state index contributed by atoms with van der Waals surface area (Å²) < 4.78 is 67.9. The number of hydrogen-bond acceptors (Lipinski definition) is 4. The molecule has 0 spiro atoms. The lowest BCUT2D eigenvalue weighted by Gasteiger charge is -2.39. The number of halogens is 5. The standard InChI is InChI=1S/C42H37F5N4O2/c43-36-19-13-33(26-37(36)44)27-39(41(53)50-24-22-49(23-25-50)28-31-6-2-1-3-7-31)51(29-32-9-15-34(16-10-32)38-8-4-5-21-48-38)40(52)20-14-30-11-17-35(18-12-30)42(45,46)47/h1-21,26,39H,22-25,27-29H2/b20-14+/t39-/m0/s1. The number of amides is 2. The van der Waals surface area contributed by atoms with Gasteiger partial charge in [-0.2, -0.15) is 13.2 Å². The van der Waals surface area contributed by atoms with Gasteiger partial charge in [0.2, 0.25) is 11.8 Å². The van der Waals surface area contributed by atoms with Crippen LogP contribution in [-0.2, 0) is 35.3 Å². The van der Waals surface area contributed by atoms with E-state index in [4.69, 9.17) is 0 Å². The van der Waals surface area contributed by atoms with Crippen LogP contribution in [0.3, 0.4) is 0 Å². The summed E-state index contributed by atoms with van der Waals surface area (Å²) in [7, 11) is 0. The molecule has 1 saturated heterocycles. The Kier molecular flexibility index (Phi) is 11.7. The van der Waals surface area contributed by atoms with Crippen LogP contribution in [-0.4, -0.2) is 63.7 Å². The van der Waals surface area contributed by atoms with Crippen molar-refractivity contribution in [3.63, 3.8) is 0 Å². The molecular weight excluding hydrogens is 687 g/mol. The zero-order valence-corrected chi connectivity index (χ0v) is 28.7. The highest BCUT2D eigenvalue weighted by Crippen LogP contribution is 2.29. The van der Waals surface area contributed by atoms with E-state index in [9.17, 15) is 31.5 Å². The molecule has 272 valence electrons. The van der Waals surface area contributed by atoms with E-state index in [0.717, 1.165) is 47.6 Å². The highest BCUT2D eigenvalue weighted by atomic mass is 19.4. The number of pyridine rings is 1. The molecule has 0 unspecified atom stereocenters. The van der Waals surface area contributed by atoms with Gasteiger partial charge in [-0.1, -0.05) is 78.9 Å². The van der Waals surface area contributed by atoms with Crippen LogP contribution in [0.1, 0.15) is 27.8 Å². The van der Waals surface area contributed by atoms with Gasteiger partial charge >= 0.3 is 6.18 Å². The Morgan fingerprint density at radius 2 is 1.43 bits per heavy atom. The minimum absolute atomic E-state index is 0.0211. The number of benzene rings is 4. The summed E-state index contributed by atoms with van der Waals surface area (Å²) in [6.45, 7) is 2.66. The Hall–Kier alpha value is -5.68. The summed E-state index contributed by atoms with van der Waals surface area (Å²) >= 11 is 0. The number of rotatable bonds is 11. The molecule has 0 bridgehead atoms. The average molecular weight is 725 g/mol. The quantitative estimate of drug-likeness (QED) is 0.102. The van der Waals surface area contributed by atoms with E-state index in [-0.39, 0.29) is 18.9 Å². The minimum Gasteiger partial charge on any atom is -0.338 e. The van der Waals surface area contributed by atoms with Crippen LogP contribution in [0.2, 0.25) is 0 Å². The monoisotopic (exact) mass is 724 g/mol. The van der Waals surface area contributed by atoms with Crippen molar-refractivity contribution in [1.82, 2.24) is 19.7 Å². The van der Waals surface area contributed by atoms with E-state index < -0.39 is 35.3 Å². The number of piperazine rings is 1. The first-order valence-corrected chi connectivity index (χ1v) is 17.2. The molecule has 6 nitrogen and oxygen atoms in total. The topological polar surface area (TPSA) is 56.8 Å². The first-order valence-electron chi connectivity index (χ1n) is 17.2. The van der Waals surface area contributed by atoms with Gasteiger partial charge < -0.3 is 9.80 Å². The van der Waals surface area contributed by atoms with Crippen LogP contribution in [0.15, 0.2) is 128 Å². The van der Waals surface area contributed by atoms with Crippen LogP contribution in [0.25, 0.3) is 17.3 Å². The van der Waals surface area contributed by atoms with Crippen molar-refractivity contribution in [2.24, 2.45) is 0 Å². The lowest BCUT2D eigenvalue weighted by atomic mass is 10.0. The van der Waals surface area contributed by atoms with Crippen molar-refractivity contribution >= 4 is 17.9 Å². The second kappa shape index (κ2) is 16.8. The second-order valence-electron chi connectivity index (χ2n) is 12.9. The van der Waals surface area contributed by atoms with Crippen molar-refractivity contribution < 1.29 is 31.5 Å². The molecule has 1 aliphatic rings. The van der Waals surface area contributed by atoms with Gasteiger partial charge in [0.25, 0.3) is 0 Å². The molecule has 4 aromatic carbocycles. The molecule has 1 atom stereocenters. The SMILES string of the molecule is O=C([C@H](Cc1ccc(F)c(F)c1)N(Cc1ccc(-c2ccccn2)cc1)C(=O)/C=C/c1ccc(C(F)(F)F)cc1)N1CCN(Cc2ccccc2)CC1. The summed E-state index contributed by atoms with van der Waals surface area (Å²) in [6.07, 6.45) is -0.328. The lowest BCUT2D eigenvalue weighted by molar-refractivity contribution is -0.145. The van der Waals surface area contributed by atoms with Crippen LogP contribution in [0, 0.1) is 11.6 Å². The lowest BCUT2D eigenvalue weighted by Crippen LogP contribution is -2.56. The van der Waals surface area contributed by atoms with E-state index in [1.54, 1.807) is 11.1 Å². The Morgan fingerprint density at radius 3 is 2.08 bits per heavy atom. The maximum absolute atomic E-state index is 14.5. The van der Waals surface area contributed by atoms with Gasteiger partial charge in [0.15, 0.2) is 11.6 Å². The van der Waals surface area contributed by atoms with Crippen LogP contribution in [0.5, 0.6) is 0 Å². The van der Waals surface area contributed by atoms with Crippen molar-refractivity contribution in [2.45, 2.75) is 31.7 Å². The summed E-state index contributed by atoms with van der Waals surface area (Å²) in [5.74, 6) is -3.04. The molecular formula is C42H37F5N4O2. The minimum atomic E-state index is -4.51. The molecule has 1 aromatic heterocycles. The number of hydrogen-bond donors (Lipinski definition) is 0. The maximum atomic E-state index is 14.5. The summed E-state index contributed by atoms with van der Waals surface area (Å²) in [6, 6.07) is 29.5. The van der Waals surface area contributed by atoms with E-state index >= 15 is 0 Å². The van der Waals surface area contributed by atoms with Crippen LogP contribution in [0.4, 0.5) is 22.0 Å². The third-order valence-electron chi connectivity index (χ3n) is 9.21. The zero-order valence-electron chi connectivity index (χ0n) is 28.7. The van der Waals surface area contributed by atoms with E-state index in [1.165, 1.54) is 35.3 Å². The van der Waals surface area contributed by atoms with Gasteiger partial charge in [-0.25, -0.2) is 8.78 Å². The number of carbonyl (C=O) groups is 2. The molecule has 0 saturated carbocycles. The Bertz CT molecular complexity index is 2010. The molecule has 0 radical (unpaired) electrons. The fourth-order valence-electron chi connectivity index (χ4n) is 6.30. The van der Waals surface area contributed by atoms with Crippen LogP contribution < -0.4 is 0 Å². The summed E-state index contributed by atoms with van der Waals surface area (Å²) in [5.41, 5.74) is 3.29. The number of alkyl halides is 3. The predicted molar refractivity (Wildman–Crippen MR) is 193 cm³/mol. The first kappa shape index (κ1) is 37.1. The molecule has 53 heavy (non-hydrogen) atoms. The maximum Gasteiger partial charge on any atom is 0.416 e. The normalized spacial score (nSPS) is 14.3. The van der Waals surface area contributed by atoms with Crippen molar-refractivity contribution in [2.75, 3.05) is 26.2 Å². The van der Waals surface area contributed by atoms with Gasteiger partial charge in [0.05, 0.1) is 11.3 Å². The van der Waals surface area contributed by atoms with Crippen molar-refractivity contribution in [3.05, 3.63) is 167 Å². The fraction of sp³-hybridized carbons (Fsp3) is 0.214. The fourth-order valence-corrected chi connectivity index (χ4v) is 6.30. The Labute approximate surface area is 304 Å². The summed E-state index contributed by atoms with van der Waals surface area (Å²) in [5, 5.41) is 0. The molecule has 0 aliphatic carbocycles.